The summed E-state index contributed by atoms with van der Waals surface area (Å²) >= 11 is 2.17. The monoisotopic (exact) mass is 282 g/mol. The van der Waals surface area contributed by atoms with Crippen LogP contribution in [0.4, 0.5) is 0 Å². The van der Waals surface area contributed by atoms with E-state index in [0.29, 0.717) is 4.75 Å². The van der Waals surface area contributed by atoms with E-state index in [9.17, 15) is 0 Å². The van der Waals surface area contributed by atoms with E-state index in [1.165, 1.54) is 31.3 Å². The van der Waals surface area contributed by atoms with Gasteiger partial charge in [-0.15, -0.1) is 11.8 Å². The summed E-state index contributed by atoms with van der Waals surface area (Å²) in [4.78, 5) is 0. The second kappa shape index (κ2) is 8.16. The van der Waals surface area contributed by atoms with Crippen LogP contribution in [0.25, 0.3) is 0 Å². The lowest BCUT2D eigenvalue weighted by atomic mass is 9.99. The number of thioether (sulfide) groups is 1. The molecule has 1 nitrogen and oxygen atoms in total. The van der Waals surface area contributed by atoms with Crippen LogP contribution in [0.3, 0.4) is 0 Å². The van der Waals surface area contributed by atoms with Gasteiger partial charge < -0.3 is 4.74 Å². The Balaban J connectivity index is 2.16. The predicted molar refractivity (Wildman–Crippen MR) is 87.9 cm³/mol. The molecule has 110 valence electrons. The van der Waals surface area contributed by atoms with Gasteiger partial charge in [0.05, 0.1) is 6.61 Å². The molecular weight excluding hydrogens is 252 g/mol. The Labute approximate surface area is 123 Å². The van der Waals surface area contributed by atoms with Gasteiger partial charge in [0.1, 0.15) is 0 Å². The lowest BCUT2D eigenvalue weighted by Gasteiger charge is -2.05. The van der Waals surface area contributed by atoms with Crippen LogP contribution in [-0.4, -0.2) is 23.7 Å². The summed E-state index contributed by atoms with van der Waals surface area (Å²) in [6.45, 7) is 9.93. The van der Waals surface area contributed by atoms with Gasteiger partial charge in [-0.2, -0.15) is 0 Å². The molecular formula is C17H30OS. The van der Waals surface area contributed by atoms with Gasteiger partial charge >= 0.3 is 0 Å². The molecule has 0 N–H and O–H groups in total. The number of ether oxygens (including phenoxy) is 1. The van der Waals surface area contributed by atoms with Gasteiger partial charge in [0, 0.05) is 17.1 Å². The van der Waals surface area contributed by atoms with Gasteiger partial charge in [0.2, 0.25) is 0 Å². The third kappa shape index (κ3) is 6.18. The topological polar surface area (TPSA) is 9.23 Å². The Bertz CT molecular complexity index is 332. The van der Waals surface area contributed by atoms with Crippen molar-refractivity contribution in [3.05, 3.63) is 23.3 Å². The van der Waals surface area contributed by atoms with Crippen LogP contribution in [0.5, 0.6) is 0 Å². The van der Waals surface area contributed by atoms with Crippen molar-refractivity contribution < 1.29 is 4.74 Å². The molecule has 1 fully saturated rings. The fourth-order valence-corrected chi connectivity index (χ4v) is 3.57. The van der Waals surface area contributed by atoms with E-state index in [2.05, 4.69) is 51.6 Å². The lowest BCUT2D eigenvalue weighted by Crippen LogP contribution is -2.06. The van der Waals surface area contributed by atoms with Crippen molar-refractivity contribution in [1.82, 2.24) is 0 Å². The molecule has 2 unspecified atom stereocenters. The first-order valence-corrected chi connectivity index (χ1v) is 8.37. The fraction of sp³-hybridized carbons (Fsp3) is 0.765. The molecule has 1 rings (SSSR count). The van der Waals surface area contributed by atoms with Crippen molar-refractivity contribution in [1.29, 1.82) is 0 Å². The molecule has 2 atom stereocenters. The van der Waals surface area contributed by atoms with Crippen LogP contribution >= 0.6 is 11.8 Å². The van der Waals surface area contributed by atoms with E-state index in [1.807, 2.05) is 0 Å². The summed E-state index contributed by atoms with van der Waals surface area (Å²) in [5, 5.41) is 0.907. The van der Waals surface area contributed by atoms with Crippen molar-refractivity contribution in [3.63, 3.8) is 0 Å². The number of allylic oxidation sites excluding steroid dienone is 3. The van der Waals surface area contributed by atoms with Crippen molar-refractivity contribution >= 4 is 11.8 Å². The first-order valence-electron chi connectivity index (χ1n) is 7.50. The Morgan fingerprint density at radius 3 is 2.47 bits per heavy atom. The molecule has 0 aromatic rings. The fourth-order valence-electron chi connectivity index (χ4n) is 2.30. The average molecular weight is 282 g/mol. The molecule has 1 heterocycles. The maximum Gasteiger partial charge on any atom is 0.0646 e. The molecule has 0 saturated carbocycles. The first kappa shape index (κ1) is 16.8. The minimum atomic E-state index is 0.597. The number of hydrogen-bond donors (Lipinski definition) is 0. The summed E-state index contributed by atoms with van der Waals surface area (Å²) in [6, 6.07) is 0. The van der Waals surface area contributed by atoms with Crippen LogP contribution in [0, 0.1) is 0 Å². The number of hydrogen-bond acceptors (Lipinski definition) is 2. The minimum absolute atomic E-state index is 0.597. The van der Waals surface area contributed by atoms with Crippen LogP contribution < -0.4 is 0 Å². The first-order chi connectivity index (χ1) is 9.01. The molecule has 2 heteroatoms. The van der Waals surface area contributed by atoms with Crippen molar-refractivity contribution in [2.24, 2.45) is 0 Å². The second-order valence-corrected chi connectivity index (χ2v) is 7.64. The molecule has 0 bridgehead atoms. The van der Waals surface area contributed by atoms with Crippen LogP contribution in [0.15, 0.2) is 23.3 Å². The number of methoxy groups -OCH3 is 1. The predicted octanol–water partition coefficient (Wildman–Crippen LogP) is 5.37. The largest absolute Gasteiger partial charge is 0.381 e. The third-order valence-electron chi connectivity index (χ3n) is 4.17. The third-order valence-corrected chi connectivity index (χ3v) is 6.07. The van der Waals surface area contributed by atoms with Gasteiger partial charge in [0.15, 0.2) is 0 Å². The van der Waals surface area contributed by atoms with E-state index in [4.69, 9.17) is 4.74 Å². The van der Waals surface area contributed by atoms with Gasteiger partial charge in [0.25, 0.3) is 0 Å². The molecule has 0 radical (unpaired) electrons. The summed E-state index contributed by atoms with van der Waals surface area (Å²) in [5.74, 6) is 0. The van der Waals surface area contributed by atoms with Crippen molar-refractivity contribution in [2.75, 3.05) is 13.7 Å². The van der Waals surface area contributed by atoms with E-state index in [0.717, 1.165) is 18.3 Å². The molecule has 19 heavy (non-hydrogen) atoms. The lowest BCUT2D eigenvalue weighted by molar-refractivity contribution is 0.233. The quantitative estimate of drug-likeness (QED) is 0.415. The molecule has 0 aromatic carbocycles. The van der Waals surface area contributed by atoms with E-state index in [-0.39, 0.29) is 0 Å². The van der Waals surface area contributed by atoms with Gasteiger partial charge in [-0.1, -0.05) is 30.2 Å². The highest BCUT2D eigenvalue weighted by Crippen LogP contribution is 2.57. The van der Waals surface area contributed by atoms with Crippen LogP contribution in [-0.2, 0) is 4.74 Å². The normalized spacial score (nSPS) is 27.7. The van der Waals surface area contributed by atoms with Crippen LogP contribution in [0.1, 0.15) is 59.8 Å². The van der Waals surface area contributed by atoms with E-state index >= 15 is 0 Å². The van der Waals surface area contributed by atoms with Crippen molar-refractivity contribution in [3.8, 4) is 0 Å². The molecule has 1 aliphatic heterocycles. The average Bonchev–Trinajstić information content (AvgIpc) is 3.06. The zero-order valence-corrected chi connectivity index (χ0v) is 14.1. The highest BCUT2D eigenvalue weighted by Gasteiger charge is 2.48. The standard InChI is InChI=1S/C17H30OS/c1-6-17(4)16(19-17)11-10-14(2)8-7-9-15(3)12-13-18-5/h8,12,16H,6-7,9-11,13H2,1-5H3. The Hall–Kier alpha value is -0.210. The Morgan fingerprint density at radius 2 is 1.89 bits per heavy atom. The van der Waals surface area contributed by atoms with Gasteiger partial charge in [-0.05, 0) is 52.9 Å². The van der Waals surface area contributed by atoms with Gasteiger partial charge in [-0.25, -0.2) is 0 Å². The molecule has 0 amide bonds. The highest BCUT2D eigenvalue weighted by molar-refractivity contribution is 8.08. The summed E-state index contributed by atoms with van der Waals surface area (Å²) in [5.41, 5.74) is 2.99. The van der Waals surface area contributed by atoms with E-state index < -0.39 is 0 Å². The zero-order chi connectivity index (χ0) is 14.3. The van der Waals surface area contributed by atoms with Crippen LogP contribution in [0.2, 0.25) is 0 Å². The Morgan fingerprint density at radius 1 is 1.21 bits per heavy atom. The molecule has 0 aromatic heterocycles. The second-order valence-electron chi connectivity index (χ2n) is 5.91. The summed E-state index contributed by atoms with van der Waals surface area (Å²) in [6.07, 6.45) is 10.9. The maximum atomic E-state index is 5.05. The zero-order valence-electron chi connectivity index (χ0n) is 13.3. The molecule has 0 spiro atoms. The summed E-state index contributed by atoms with van der Waals surface area (Å²) in [7, 11) is 1.74. The maximum absolute atomic E-state index is 5.05. The van der Waals surface area contributed by atoms with E-state index in [1.54, 1.807) is 12.7 Å². The highest BCUT2D eigenvalue weighted by atomic mass is 32.2. The molecule has 1 saturated heterocycles. The Kier molecular flexibility index (Phi) is 7.23. The molecule has 0 aliphatic carbocycles. The smallest absolute Gasteiger partial charge is 0.0646 e. The number of rotatable bonds is 9. The summed E-state index contributed by atoms with van der Waals surface area (Å²) < 4.78 is 5.64. The van der Waals surface area contributed by atoms with Gasteiger partial charge in [-0.3, -0.25) is 0 Å². The molecule has 1 aliphatic rings. The SMILES string of the molecule is CCC1(C)SC1CCC(C)=CCCC(C)=CCOC. The van der Waals surface area contributed by atoms with Crippen molar-refractivity contribution in [2.45, 2.75) is 69.8 Å². The minimum Gasteiger partial charge on any atom is -0.381 e.